The smallest absolute Gasteiger partial charge is 0.348 e. The Balaban J connectivity index is 3.86. The van der Waals surface area contributed by atoms with E-state index in [-0.39, 0.29) is 12.8 Å². The van der Waals surface area contributed by atoms with Crippen LogP contribution in [0.15, 0.2) is 0 Å². The van der Waals surface area contributed by atoms with E-state index in [0.29, 0.717) is 12.8 Å². The second kappa shape index (κ2) is 20.0. The van der Waals surface area contributed by atoms with Crippen LogP contribution in [0, 0.1) is 0 Å². The maximum absolute atomic E-state index is 12.2. The summed E-state index contributed by atoms with van der Waals surface area (Å²) in [6, 6.07) is 0. The maximum atomic E-state index is 12.2. The van der Waals surface area contributed by atoms with Gasteiger partial charge in [-0.2, -0.15) is 0 Å². The van der Waals surface area contributed by atoms with Crippen LogP contribution in [0.5, 0.6) is 0 Å². The molecule has 0 heterocycles. The van der Waals surface area contributed by atoms with E-state index in [4.69, 9.17) is 4.74 Å². The van der Waals surface area contributed by atoms with E-state index in [9.17, 15) is 19.8 Å². The Bertz CT molecular complexity index is 424. The summed E-state index contributed by atoms with van der Waals surface area (Å²) in [5, 5.41) is 19.8. The number of aliphatic hydroxyl groups excluding tert-OH is 1. The van der Waals surface area contributed by atoms with Gasteiger partial charge in [-0.3, -0.25) is 4.79 Å². The Hall–Kier alpha value is -0.940. The average Bonchev–Trinajstić information content (AvgIpc) is 2.74. The molecule has 1 atom stereocenters. The van der Waals surface area contributed by atoms with Gasteiger partial charge in [-0.1, -0.05) is 110 Å². The molecule has 0 radical (unpaired) electrons. The lowest BCUT2D eigenvalue weighted by Gasteiger charge is -2.23. The molecule has 30 heavy (non-hydrogen) atoms. The van der Waals surface area contributed by atoms with Gasteiger partial charge in [0.2, 0.25) is 0 Å². The van der Waals surface area contributed by atoms with Crippen LogP contribution in [0.3, 0.4) is 0 Å². The molecule has 1 unspecified atom stereocenters. The molecule has 0 saturated carbocycles. The molecule has 0 rings (SSSR count). The van der Waals surface area contributed by atoms with Gasteiger partial charge < -0.3 is 14.9 Å². The minimum atomic E-state index is -1.96. The summed E-state index contributed by atoms with van der Waals surface area (Å²) in [4.78, 5) is 24.0. The van der Waals surface area contributed by atoms with Crippen molar-refractivity contribution in [2.75, 3.05) is 6.61 Å². The molecule has 178 valence electrons. The number of rotatable bonds is 21. The van der Waals surface area contributed by atoms with E-state index in [1.807, 2.05) is 0 Å². The fourth-order valence-corrected chi connectivity index (χ4v) is 3.63. The Morgan fingerprint density at radius 3 is 1.50 bits per heavy atom. The number of unbranched alkanes of at least 4 members (excludes halogenated alkanes) is 15. The molecule has 5 heteroatoms. The van der Waals surface area contributed by atoms with Gasteiger partial charge in [0, 0.05) is 6.42 Å². The molecule has 2 N–H and O–H groups in total. The number of hydrogen-bond donors (Lipinski definition) is 2. The van der Waals surface area contributed by atoms with Gasteiger partial charge in [-0.25, -0.2) is 4.79 Å². The lowest BCUT2D eigenvalue weighted by molar-refractivity contribution is -0.178. The van der Waals surface area contributed by atoms with E-state index >= 15 is 0 Å². The van der Waals surface area contributed by atoms with E-state index in [2.05, 4.69) is 13.8 Å². The summed E-state index contributed by atoms with van der Waals surface area (Å²) in [6.45, 7) is 3.69. The van der Waals surface area contributed by atoms with Crippen molar-refractivity contribution >= 4 is 11.9 Å². The molecule has 0 aromatic heterocycles. The number of ether oxygens (including phenoxy) is 1. The highest BCUT2D eigenvalue weighted by molar-refractivity contribution is 5.90. The SMILES string of the molecule is CCCCCCCCCCCC(=O)OC(=O)C(O)(CO)CCCCCCCCCC. The van der Waals surface area contributed by atoms with Crippen molar-refractivity contribution in [3.63, 3.8) is 0 Å². The van der Waals surface area contributed by atoms with Crippen molar-refractivity contribution in [1.29, 1.82) is 0 Å². The lowest BCUT2D eigenvalue weighted by atomic mass is 9.96. The van der Waals surface area contributed by atoms with Crippen molar-refractivity contribution in [3.05, 3.63) is 0 Å². The normalized spacial score (nSPS) is 13.2. The molecule has 0 aliphatic heterocycles. The molecule has 0 fully saturated rings. The quantitative estimate of drug-likeness (QED) is 0.129. The molecule has 0 aliphatic carbocycles. The third kappa shape index (κ3) is 15.8. The second-order valence-corrected chi connectivity index (χ2v) is 8.75. The third-order valence-electron chi connectivity index (χ3n) is 5.78. The molecule has 5 nitrogen and oxygen atoms in total. The first-order valence-corrected chi connectivity index (χ1v) is 12.6. The molecule has 0 aromatic carbocycles. The highest BCUT2D eigenvalue weighted by Gasteiger charge is 2.37. The molecule has 0 bridgehead atoms. The maximum Gasteiger partial charge on any atom is 0.348 e. The van der Waals surface area contributed by atoms with Gasteiger partial charge in [0.05, 0.1) is 6.61 Å². The van der Waals surface area contributed by atoms with Gasteiger partial charge in [-0.05, 0) is 19.3 Å². The number of aliphatic hydroxyl groups is 2. The van der Waals surface area contributed by atoms with Gasteiger partial charge >= 0.3 is 11.9 Å². The number of carbonyl (C=O) groups excluding carboxylic acids is 2. The van der Waals surface area contributed by atoms with E-state index in [1.165, 1.54) is 64.2 Å². The molecule has 0 spiro atoms. The molecular weight excluding hydrogens is 380 g/mol. The Morgan fingerprint density at radius 1 is 0.667 bits per heavy atom. The first-order valence-electron chi connectivity index (χ1n) is 12.6. The highest BCUT2D eigenvalue weighted by atomic mass is 16.6. The zero-order chi connectivity index (χ0) is 22.5. The van der Waals surface area contributed by atoms with E-state index < -0.39 is 24.1 Å². The monoisotopic (exact) mass is 428 g/mol. The van der Waals surface area contributed by atoms with Crippen LogP contribution in [-0.4, -0.2) is 34.4 Å². The topological polar surface area (TPSA) is 83.8 Å². The van der Waals surface area contributed by atoms with Crippen LogP contribution < -0.4 is 0 Å². The summed E-state index contributed by atoms with van der Waals surface area (Å²) >= 11 is 0. The highest BCUT2D eigenvalue weighted by Crippen LogP contribution is 2.19. The van der Waals surface area contributed by atoms with Crippen molar-refractivity contribution in [2.45, 2.75) is 141 Å². The summed E-state index contributed by atoms with van der Waals surface area (Å²) in [5.74, 6) is -1.61. The summed E-state index contributed by atoms with van der Waals surface area (Å²) in [5.41, 5.74) is -1.96. The number of carbonyl (C=O) groups is 2. The van der Waals surface area contributed by atoms with Crippen LogP contribution in [-0.2, 0) is 14.3 Å². The lowest BCUT2D eigenvalue weighted by Crippen LogP contribution is -2.44. The fourth-order valence-electron chi connectivity index (χ4n) is 3.63. The van der Waals surface area contributed by atoms with Gasteiger partial charge in [0.1, 0.15) is 0 Å². The molecule has 0 aromatic rings. The Labute approximate surface area is 185 Å². The largest absolute Gasteiger partial charge is 0.393 e. The predicted molar refractivity (Wildman–Crippen MR) is 122 cm³/mol. The van der Waals surface area contributed by atoms with Gasteiger partial charge in [-0.15, -0.1) is 0 Å². The fraction of sp³-hybridized carbons (Fsp3) is 0.920. The van der Waals surface area contributed by atoms with Crippen LogP contribution in [0.25, 0.3) is 0 Å². The summed E-state index contributed by atoms with van der Waals surface area (Å²) in [7, 11) is 0. The van der Waals surface area contributed by atoms with Crippen molar-refractivity contribution in [3.8, 4) is 0 Å². The predicted octanol–water partition coefficient (Wildman–Crippen LogP) is 6.23. The summed E-state index contributed by atoms with van der Waals surface area (Å²) in [6.07, 6.45) is 19.3. The molecular formula is C25H48O5. The Morgan fingerprint density at radius 2 is 1.07 bits per heavy atom. The van der Waals surface area contributed by atoms with E-state index in [0.717, 1.165) is 32.1 Å². The van der Waals surface area contributed by atoms with Crippen molar-refractivity contribution in [1.82, 2.24) is 0 Å². The van der Waals surface area contributed by atoms with Crippen LogP contribution in [0.4, 0.5) is 0 Å². The van der Waals surface area contributed by atoms with Crippen LogP contribution in [0.1, 0.15) is 136 Å². The first-order chi connectivity index (χ1) is 14.5. The zero-order valence-corrected chi connectivity index (χ0v) is 19.8. The van der Waals surface area contributed by atoms with Crippen LogP contribution in [0.2, 0.25) is 0 Å². The average molecular weight is 429 g/mol. The summed E-state index contributed by atoms with van der Waals surface area (Å²) < 4.78 is 4.81. The first kappa shape index (κ1) is 29.1. The minimum Gasteiger partial charge on any atom is -0.393 e. The molecule has 0 saturated heterocycles. The third-order valence-corrected chi connectivity index (χ3v) is 5.78. The Kier molecular flexibility index (Phi) is 19.4. The second-order valence-electron chi connectivity index (χ2n) is 8.75. The zero-order valence-electron chi connectivity index (χ0n) is 19.8. The van der Waals surface area contributed by atoms with Crippen molar-refractivity contribution < 1.29 is 24.5 Å². The minimum absolute atomic E-state index is 0.128. The van der Waals surface area contributed by atoms with Gasteiger partial charge in [0.15, 0.2) is 5.60 Å². The van der Waals surface area contributed by atoms with Gasteiger partial charge in [0.25, 0.3) is 0 Å². The van der Waals surface area contributed by atoms with Crippen molar-refractivity contribution in [2.24, 2.45) is 0 Å². The van der Waals surface area contributed by atoms with E-state index in [1.54, 1.807) is 0 Å². The molecule has 0 aliphatic rings. The van der Waals surface area contributed by atoms with Crippen LogP contribution >= 0.6 is 0 Å². The molecule has 0 amide bonds. The number of esters is 2. The standard InChI is InChI=1S/C25H48O5/c1-3-5-7-9-11-13-14-16-18-20-23(27)30-24(28)25(29,22-26)21-19-17-15-12-10-8-6-4-2/h26,29H,3-22H2,1-2H3. The number of hydrogen-bond acceptors (Lipinski definition) is 5.